The molecule has 1 heterocycles. The first kappa shape index (κ1) is 15.0. The van der Waals surface area contributed by atoms with Crippen LogP contribution in [0.1, 0.15) is 0 Å². The van der Waals surface area contributed by atoms with Crippen LogP contribution < -0.4 is 14.8 Å². The molecule has 0 unspecified atom stereocenters. The van der Waals surface area contributed by atoms with Crippen LogP contribution in [0.3, 0.4) is 0 Å². The number of hydrogen-bond donors (Lipinski definition) is 2. The number of pyridine rings is 1. The number of ether oxygens (including phenoxy) is 1. The topological polar surface area (TPSA) is 80.3 Å². The molecule has 0 radical (unpaired) electrons. The molecule has 0 fully saturated rings. The van der Waals surface area contributed by atoms with Gasteiger partial charge in [-0.25, -0.2) is 9.37 Å². The molecule has 6 nitrogen and oxygen atoms in total. The van der Waals surface area contributed by atoms with Gasteiger partial charge < -0.3 is 10.1 Å². The van der Waals surface area contributed by atoms with Gasteiger partial charge in [-0.15, -0.1) is 0 Å². The standard InChI is InChI=1S/C13H14FN3O3S/c1-15-11-4-3-7-16-13(11)21(18,19)17-10-6-5-9(14)8-12(10)20-2/h3-8,15,17H,1-2H3. The first-order valence-corrected chi connectivity index (χ1v) is 7.45. The van der Waals surface area contributed by atoms with Crippen LogP contribution in [0, 0.1) is 5.82 Å². The van der Waals surface area contributed by atoms with Crippen molar-refractivity contribution in [3.63, 3.8) is 0 Å². The van der Waals surface area contributed by atoms with Gasteiger partial charge in [-0.2, -0.15) is 8.42 Å². The fraction of sp³-hybridized carbons (Fsp3) is 0.154. The molecule has 0 atom stereocenters. The summed E-state index contributed by atoms with van der Waals surface area (Å²) >= 11 is 0. The third-order valence-corrected chi connectivity index (χ3v) is 4.03. The van der Waals surface area contributed by atoms with Crippen LogP contribution in [0.5, 0.6) is 5.75 Å². The Labute approximate surface area is 122 Å². The van der Waals surface area contributed by atoms with Crippen molar-refractivity contribution in [3.05, 3.63) is 42.3 Å². The van der Waals surface area contributed by atoms with Gasteiger partial charge in [0.15, 0.2) is 5.03 Å². The van der Waals surface area contributed by atoms with E-state index in [0.29, 0.717) is 5.69 Å². The molecule has 112 valence electrons. The molecule has 0 bridgehead atoms. The highest BCUT2D eigenvalue weighted by Crippen LogP contribution is 2.28. The fourth-order valence-electron chi connectivity index (χ4n) is 1.74. The maximum atomic E-state index is 13.1. The molecule has 0 aliphatic carbocycles. The average Bonchev–Trinajstić information content (AvgIpc) is 2.48. The molecule has 1 aromatic heterocycles. The molecule has 0 aliphatic rings. The SMILES string of the molecule is CNc1cccnc1S(=O)(=O)Nc1ccc(F)cc1OC. The molecule has 0 saturated heterocycles. The van der Waals surface area contributed by atoms with Gasteiger partial charge in [0.05, 0.1) is 18.5 Å². The zero-order valence-electron chi connectivity index (χ0n) is 11.4. The summed E-state index contributed by atoms with van der Waals surface area (Å²) in [7, 11) is -1.01. The fourth-order valence-corrected chi connectivity index (χ4v) is 2.95. The Morgan fingerprint density at radius 3 is 2.67 bits per heavy atom. The van der Waals surface area contributed by atoms with E-state index in [1.54, 1.807) is 19.2 Å². The van der Waals surface area contributed by atoms with Crippen molar-refractivity contribution in [1.82, 2.24) is 4.98 Å². The van der Waals surface area contributed by atoms with Crippen LogP contribution in [0.4, 0.5) is 15.8 Å². The number of nitrogens with one attached hydrogen (secondary N) is 2. The van der Waals surface area contributed by atoms with Gasteiger partial charge in [0.1, 0.15) is 11.6 Å². The molecule has 2 aromatic rings. The summed E-state index contributed by atoms with van der Waals surface area (Å²) in [6.45, 7) is 0. The Bertz CT molecular complexity index is 750. The van der Waals surface area contributed by atoms with Crippen molar-refractivity contribution in [1.29, 1.82) is 0 Å². The number of anilines is 2. The van der Waals surface area contributed by atoms with Crippen molar-refractivity contribution in [2.24, 2.45) is 0 Å². The van der Waals surface area contributed by atoms with Gasteiger partial charge in [0.25, 0.3) is 10.0 Å². The van der Waals surface area contributed by atoms with Gasteiger partial charge in [-0.3, -0.25) is 4.72 Å². The largest absolute Gasteiger partial charge is 0.494 e. The van der Waals surface area contributed by atoms with E-state index in [4.69, 9.17) is 4.74 Å². The second-order valence-electron chi connectivity index (χ2n) is 4.06. The summed E-state index contributed by atoms with van der Waals surface area (Å²) in [5.74, 6) is -0.441. The Balaban J connectivity index is 2.42. The summed E-state index contributed by atoms with van der Waals surface area (Å²) in [5.41, 5.74) is 0.484. The molecular weight excluding hydrogens is 297 g/mol. The smallest absolute Gasteiger partial charge is 0.281 e. The van der Waals surface area contributed by atoms with Gasteiger partial charge in [-0.05, 0) is 24.3 Å². The predicted octanol–water partition coefficient (Wildman–Crippen LogP) is 2.07. The quantitative estimate of drug-likeness (QED) is 0.883. The van der Waals surface area contributed by atoms with Crippen molar-refractivity contribution < 1.29 is 17.5 Å². The summed E-state index contributed by atoms with van der Waals surface area (Å²) < 4.78 is 45.2. The van der Waals surface area contributed by atoms with Crippen molar-refractivity contribution >= 4 is 21.4 Å². The maximum absolute atomic E-state index is 13.1. The van der Waals surface area contributed by atoms with Crippen molar-refractivity contribution in [2.45, 2.75) is 5.03 Å². The zero-order valence-corrected chi connectivity index (χ0v) is 12.2. The van der Waals surface area contributed by atoms with Crippen LogP contribution in [0.25, 0.3) is 0 Å². The van der Waals surface area contributed by atoms with E-state index >= 15 is 0 Å². The highest BCUT2D eigenvalue weighted by Gasteiger charge is 2.21. The minimum Gasteiger partial charge on any atom is -0.494 e. The van der Waals surface area contributed by atoms with E-state index in [2.05, 4.69) is 15.0 Å². The minimum absolute atomic E-state index is 0.0838. The number of hydrogen-bond acceptors (Lipinski definition) is 5. The molecule has 0 spiro atoms. The lowest BCUT2D eigenvalue weighted by Gasteiger charge is -2.13. The Morgan fingerprint density at radius 2 is 2.00 bits per heavy atom. The van der Waals surface area contributed by atoms with Crippen molar-refractivity contribution in [3.8, 4) is 5.75 Å². The van der Waals surface area contributed by atoms with Crippen LogP contribution in [0.15, 0.2) is 41.6 Å². The molecule has 2 N–H and O–H groups in total. The number of nitrogens with zero attached hydrogens (tertiary/aromatic N) is 1. The normalized spacial score (nSPS) is 11.0. The van der Waals surface area contributed by atoms with Gasteiger partial charge in [0, 0.05) is 19.3 Å². The van der Waals surface area contributed by atoms with Crippen molar-refractivity contribution in [2.75, 3.05) is 24.2 Å². The highest BCUT2D eigenvalue weighted by molar-refractivity contribution is 7.92. The lowest BCUT2D eigenvalue weighted by Crippen LogP contribution is -2.16. The monoisotopic (exact) mass is 311 g/mol. The van der Waals surface area contributed by atoms with Crippen LogP contribution in [-0.2, 0) is 10.0 Å². The first-order valence-electron chi connectivity index (χ1n) is 5.97. The lowest BCUT2D eigenvalue weighted by atomic mass is 10.3. The maximum Gasteiger partial charge on any atom is 0.281 e. The van der Waals surface area contributed by atoms with E-state index < -0.39 is 15.8 Å². The summed E-state index contributed by atoms with van der Waals surface area (Å²) in [4.78, 5) is 3.86. The van der Waals surface area contributed by atoms with E-state index in [9.17, 15) is 12.8 Å². The Hall–Kier alpha value is -2.35. The molecule has 1 aromatic carbocycles. The van der Waals surface area contributed by atoms with Gasteiger partial charge >= 0.3 is 0 Å². The number of methoxy groups -OCH3 is 1. The number of aromatic nitrogens is 1. The third-order valence-electron chi connectivity index (χ3n) is 2.70. The Kier molecular flexibility index (Phi) is 4.27. The van der Waals surface area contributed by atoms with Crippen LogP contribution in [0.2, 0.25) is 0 Å². The zero-order chi connectivity index (χ0) is 15.5. The molecular formula is C13H14FN3O3S. The highest BCUT2D eigenvalue weighted by atomic mass is 32.2. The van der Waals surface area contributed by atoms with Gasteiger partial charge in [0.2, 0.25) is 0 Å². The number of halogens is 1. The first-order chi connectivity index (χ1) is 9.97. The molecule has 0 saturated carbocycles. The molecule has 0 amide bonds. The van der Waals surface area contributed by atoms with Crippen LogP contribution >= 0.6 is 0 Å². The predicted molar refractivity (Wildman–Crippen MR) is 77.5 cm³/mol. The van der Waals surface area contributed by atoms with E-state index in [0.717, 1.165) is 12.1 Å². The number of rotatable bonds is 5. The van der Waals surface area contributed by atoms with E-state index in [-0.39, 0.29) is 16.5 Å². The molecule has 21 heavy (non-hydrogen) atoms. The molecule has 2 rings (SSSR count). The van der Waals surface area contributed by atoms with Crippen LogP contribution in [-0.4, -0.2) is 27.6 Å². The van der Waals surface area contributed by atoms with E-state index in [1.165, 1.54) is 19.4 Å². The average molecular weight is 311 g/mol. The Morgan fingerprint density at radius 1 is 1.24 bits per heavy atom. The summed E-state index contributed by atoms with van der Waals surface area (Å²) in [5, 5.41) is 2.60. The molecule has 0 aliphatic heterocycles. The molecule has 8 heteroatoms. The minimum atomic E-state index is -3.93. The van der Waals surface area contributed by atoms with Gasteiger partial charge in [-0.1, -0.05) is 0 Å². The summed E-state index contributed by atoms with van der Waals surface area (Å²) in [6.07, 6.45) is 1.37. The second kappa shape index (κ2) is 5.96. The van der Waals surface area contributed by atoms with E-state index in [1.807, 2.05) is 0 Å². The summed E-state index contributed by atoms with van der Waals surface area (Å²) in [6, 6.07) is 6.72. The second-order valence-corrected chi connectivity index (χ2v) is 5.65. The number of benzene rings is 1. The third kappa shape index (κ3) is 3.22. The lowest BCUT2D eigenvalue weighted by molar-refractivity contribution is 0.413. The number of sulfonamides is 1.